The van der Waals surface area contributed by atoms with Crippen LogP contribution in [0.2, 0.25) is 5.02 Å². The molecule has 2 heterocycles. The van der Waals surface area contributed by atoms with E-state index in [0.29, 0.717) is 16.5 Å². The van der Waals surface area contributed by atoms with Gasteiger partial charge in [0, 0.05) is 35.5 Å². The van der Waals surface area contributed by atoms with E-state index in [0.717, 1.165) is 27.1 Å². The maximum Gasteiger partial charge on any atom is 0.355 e. The van der Waals surface area contributed by atoms with Crippen molar-refractivity contribution in [2.24, 2.45) is 0 Å². The first-order valence-electron chi connectivity index (χ1n) is 8.74. The minimum Gasteiger partial charge on any atom is -0.464 e. The summed E-state index contributed by atoms with van der Waals surface area (Å²) in [5, 5.41) is 3.52. The number of aryl methyl sites for hydroxylation is 3. The Morgan fingerprint density at radius 2 is 1.86 bits per heavy atom. The highest BCUT2D eigenvalue weighted by Gasteiger charge is 2.19. The maximum atomic E-state index is 12.4. The molecule has 0 bridgehead atoms. The van der Waals surface area contributed by atoms with Gasteiger partial charge in [-0.3, -0.25) is 3.97 Å². The summed E-state index contributed by atoms with van der Waals surface area (Å²) in [6.45, 7) is 6.22. The summed E-state index contributed by atoms with van der Waals surface area (Å²) >= 11 is 7.86. The summed E-state index contributed by atoms with van der Waals surface area (Å²) in [5.41, 5.74) is 5.59. The second-order valence-corrected chi connectivity index (χ2v) is 7.94. The fourth-order valence-corrected chi connectivity index (χ4v) is 4.33. The van der Waals surface area contributed by atoms with Crippen LogP contribution in [0, 0.1) is 20.8 Å². The van der Waals surface area contributed by atoms with Crippen LogP contribution in [0.3, 0.4) is 0 Å². The van der Waals surface area contributed by atoms with E-state index in [1.807, 2.05) is 16.2 Å². The highest BCUT2D eigenvalue weighted by atomic mass is 35.5. The number of carbonyl (C=O) groups excluding carboxylic acids is 1. The molecule has 3 rings (SSSR count). The van der Waals surface area contributed by atoms with Crippen LogP contribution in [-0.2, 0) is 4.74 Å². The molecule has 0 aliphatic carbocycles. The predicted octanol–water partition coefficient (Wildman–Crippen LogP) is 5.51. The third-order valence-corrected chi connectivity index (χ3v) is 6.02. The lowest BCUT2D eigenvalue weighted by atomic mass is 10.1. The molecule has 7 heteroatoms. The first-order valence-corrected chi connectivity index (χ1v) is 9.89. The number of pyridine rings is 1. The number of aromatic nitrogens is 2. The molecule has 146 valence electrons. The monoisotopic (exact) mass is 415 g/mol. The highest BCUT2D eigenvalue weighted by molar-refractivity contribution is 7.98. The number of nitrogens with zero attached hydrogens (tertiary/aromatic N) is 2. The van der Waals surface area contributed by atoms with Crippen LogP contribution in [-0.4, -0.2) is 29.1 Å². The molecule has 0 aliphatic rings. The molecule has 0 saturated heterocycles. The van der Waals surface area contributed by atoms with Gasteiger partial charge in [-0.2, -0.15) is 0 Å². The summed E-state index contributed by atoms with van der Waals surface area (Å²) in [6, 6.07) is 7.92. The van der Waals surface area contributed by atoms with Gasteiger partial charge < -0.3 is 10.1 Å². The zero-order valence-corrected chi connectivity index (χ0v) is 18.0. The zero-order valence-electron chi connectivity index (χ0n) is 16.5. The van der Waals surface area contributed by atoms with E-state index in [-0.39, 0.29) is 0 Å². The summed E-state index contributed by atoms with van der Waals surface area (Å²) in [7, 11) is 3.18. The molecule has 0 amide bonds. The highest BCUT2D eigenvalue weighted by Crippen LogP contribution is 2.35. The van der Waals surface area contributed by atoms with Crippen molar-refractivity contribution in [3.8, 4) is 11.1 Å². The predicted molar refractivity (Wildman–Crippen MR) is 115 cm³/mol. The van der Waals surface area contributed by atoms with Crippen LogP contribution < -0.4 is 5.32 Å². The Morgan fingerprint density at radius 1 is 1.18 bits per heavy atom. The van der Waals surface area contributed by atoms with Crippen LogP contribution in [0.5, 0.6) is 0 Å². The number of ether oxygens (including phenoxy) is 1. The minimum absolute atomic E-state index is 0.403. The number of rotatable bonds is 5. The lowest BCUT2D eigenvalue weighted by molar-refractivity contribution is 0.0593. The number of halogens is 1. The number of benzene rings is 1. The number of hydrogen-bond acceptors (Lipinski definition) is 5. The summed E-state index contributed by atoms with van der Waals surface area (Å²) in [5.74, 6) is 0.296. The van der Waals surface area contributed by atoms with Crippen molar-refractivity contribution in [1.82, 2.24) is 8.96 Å². The molecule has 0 radical (unpaired) electrons. The van der Waals surface area contributed by atoms with Crippen molar-refractivity contribution in [3.63, 3.8) is 0 Å². The van der Waals surface area contributed by atoms with Crippen LogP contribution in [0.15, 0.2) is 41.6 Å². The van der Waals surface area contributed by atoms with Crippen molar-refractivity contribution in [2.45, 2.75) is 25.7 Å². The molecule has 0 saturated carbocycles. The van der Waals surface area contributed by atoms with Gasteiger partial charge in [-0.1, -0.05) is 29.3 Å². The second-order valence-electron chi connectivity index (χ2n) is 6.55. The summed E-state index contributed by atoms with van der Waals surface area (Å²) < 4.78 is 6.82. The van der Waals surface area contributed by atoms with E-state index < -0.39 is 5.97 Å². The third kappa shape index (κ3) is 4.03. The Balaban J connectivity index is 2.11. The molecule has 0 unspecified atom stereocenters. The number of hydrogen-bond donors (Lipinski definition) is 1. The van der Waals surface area contributed by atoms with Gasteiger partial charge in [0.15, 0.2) is 0 Å². The van der Waals surface area contributed by atoms with E-state index in [9.17, 15) is 4.79 Å². The Labute approximate surface area is 174 Å². The normalized spacial score (nSPS) is 10.8. The van der Waals surface area contributed by atoms with Crippen molar-refractivity contribution < 1.29 is 9.53 Å². The van der Waals surface area contributed by atoms with Crippen molar-refractivity contribution in [1.29, 1.82) is 0 Å². The van der Waals surface area contributed by atoms with Crippen LogP contribution in [0.4, 0.5) is 5.82 Å². The molecule has 28 heavy (non-hydrogen) atoms. The molecular formula is C21H22ClN3O2S. The number of esters is 1. The molecule has 0 atom stereocenters. The number of nitrogens with one attached hydrogen (secondary N) is 1. The lowest BCUT2D eigenvalue weighted by Gasteiger charge is -2.12. The molecule has 1 N–H and O–H groups in total. The molecule has 0 spiro atoms. The van der Waals surface area contributed by atoms with Crippen molar-refractivity contribution in [2.75, 3.05) is 19.5 Å². The van der Waals surface area contributed by atoms with Gasteiger partial charge in [0.1, 0.15) is 11.5 Å². The Kier molecular flexibility index (Phi) is 6.01. The second kappa shape index (κ2) is 8.29. The van der Waals surface area contributed by atoms with E-state index in [4.69, 9.17) is 16.3 Å². The van der Waals surface area contributed by atoms with Gasteiger partial charge in [0.05, 0.1) is 12.1 Å². The quantitative estimate of drug-likeness (QED) is 0.556. The van der Waals surface area contributed by atoms with Gasteiger partial charge in [-0.25, -0.2) is 9.78 Å². The topological polar surface area (TPSA) is 56.1 Å². The molecule has 1 aromatic carbocycles. The summed E-state index contributed by atoms with van der Waals surface area (Å²) in [4.78, 5) is 17.7. The fraction of sp³-hybridized carbons (Fsp3) is 0.238. The molecule has 0 fully saturated rings. The minimum atomic E-state index is -0.403. The molecule has 0 aliphatic heterocycles. The smallest absolute Gasteiger partial charge is 0.355 e. The van der Waals surface area contributed by atoms with E-state index in [2.05, 4.69) is 43.2 Å². The maximum absolute atomic E-state index is 12.4. The van der Waals surface area contributed by atoms with Gasteiger partial charge >= 0.3 is 5.97 Å². The SMILES string of the molecule is CNc1cc(-c2cc(C(=O)OC)n(Sc3c(C)cc(C)cc3C)c2)c(Cl)cn1. The van der Waals surface area contributed by atoms with Gasteiger partial charge in [-0.15, -0.1) is 0 Å². The average Bonchev–Trinajstić information content (AvgIpc) is 3.08. The average molecular weight is 416 g/mol. The third-order valence-electron chi connectivity index (χ3n) is 4.40. The van der Waals surface area contributed by atoms with Crippen molar-refractivity contribution in [3.05, 3.63) is 64.1 Å². The Hall–Kier alpha value is -2.44. The fourth-order valence-electron chi connectivity index (χ4n) is 3.13. The van der Waals surface area contributed by atoms with Crippen LogP contribution in [0.1, 0.15) is 27.2 Å². The number of anilines is 1. The first-order chi connectivity index (χ1) is 13.3. The van der Waals surface area contributed by atoms with E-state index in [1.54, 1.807) is 19.3 Å². The van der Waals surface area contributed by atoms with Crippen molar-refractivity contribution >= 4 is 35.3 Å². The van der Waals surface area contributed by atoms with Gasteiger partial charge in [0.2, 0.25) is 0 Å². The Morgan fingerprint density at radius 3 is 2.46 bits per heavy atom. The Bertz CT molecular complexity index is 1020. The standard InChI is InChI=1S/C21H22ClN3O2S/c1-12-6-13(2)20(14(3)7-12)28-25-11-15(8-18(25)21(26)27-5)16-9-19(23-4)24-10-17(16)22/h6-11H,1-5H3,(H,23,24). The summed E-state index contributed by atoms with van der Waals surface area (Å²) in [6.07, 6.45) is 3.50. The van der Waals surface area contributed by atoms with Gasteiger partial charge in [0.25, 0.3) is 0 Å². The molecular weight excluding hydrogens is 394 g/mol. The van der Waals surface area contributed by atoms with E-state index in [1.165, 1.54) is 24.6 Å². The molecule has 2 aromatic heterocycles. The van der Waals surface area contributed by atoms with Gasteiger partial charge in [-0.05, 0) is 56.0 Å². The zero-order chi connectivity index (χ0) is 20.4. The van der Waals surface area contributed by atoms with Crippen LogP contribution in [0.25, 0.3) is 11.1 Å². The molecule has 5 nitrogen and oxygen atoms in total. The molecule has 3 aromatic rings. The number of carbonyl (C=O) groups is 1. The lowest BCUT2D eigenvalue weighted by Crippen LogP contribution is -2.06. The van der Waals surface area contributed by atoms with Crippen LogP contribution >= 0.6 is 23.5 Å². The first kappa shape index (κ1) is 20.3. The number of methoxy groups -OCH3 is 1. The largest absolute Gasteiger partial charge is 0.464 e. The van der Waals surface area contributed by atoms with E-state index >= 15 is 0 Å².